The first-order chi connectivity index (χ1) is 12.2. The highest BCUT2D eigenvalue weighted by atomic mass is 16.7. The number of ether oxygens (including phenoxy) is 3. The molecule has 0 atom stereocenters. The van der Waals surface area contributed by atoms with Gasteiger partial charge in [0.2, 0.25) is 12.7 Å². The molecular formula is C19H20N2O4. The van der Waals surface area contributed by atoms with E-state index in [1.807, 2.05) is 49.4 Å². The molecule has 25 heavy (non-hydrogen) atoms. The molecule has 1 aliphatic rings. The van der Waals surface area contributed by atoms with E-state index in [2.05, 4.69) is 10.5 Å². The van der Waals surface area contributed by atoms with Crippen molar-refractivity contribution in [3.63, 3.8) is 0 Å². The van der Waals surface area contributed by atoms with Crippen LogP contribution in [0, 0.1) is 0 Å². The van der Waals surface area contributed by atoms with E-state index in [1.54, 1.807) is 7.11 Å². The van der Waals surface area contributed by atoms with Gasteiger partial charge in [-0.15, -0.1) is 0 Å². The van der Waals surface area contributed by atoms with Gasteiger partial charge >= 0.3 is 0 Å². The van der Waals surface area contributed by atoms with Crippen molar-refractivity contribution in [3.05, 3.63) is 53.6 Å². The van der Waals surface area contributed by atoms with Crippen molar-refractivity contribution >= 4 is 11.6 Å². The molecule has 130 valence electrons. The van der Waals surface area contributed by atoms with Gasteiger partial charge in [0.15, 0.2) is 11.5 Å². The lowest BCUT2D eigenvalue weighted by atomic mass is 10.1. The maximum absolute atomic E-state index is 12.0. The largest absolute Gasteiger partial charge is 0.497 e. The van der Waals surface area contributed by atoms with Crippen LogP contribution < -0.4 is 19.6 Å². The summed E-state index contributed by atoms with van der Waals surface area (Å²) in [5, 5.41) is 4.16. The van der Waals surface area contributed by atoms with Crippen molar-refractivity contribution in [3.8, 4) is 17.2 Å². The summed E-state index contributed by atoms with van der Waals surface area (Å²) >= 11 is 0. The average Bonchev–Trinajstić information content (AvgIpc) is 3.12. The number of carbonyl (C=O) groups is 1. The second-order valence-electron chi connectivity index (χ2n) is 5.65. The van der Waals surface area contributed by atoms with Gasteiger partial charge in [-0.3, -0.25) is 4.79 Å². The van der Waals surface area contributed by atoms with Crippen molar-refractivity contribution in [2.45, 2.75) is 19.8 Å². The third-order valence-corrected chi connectivity index (χ3v) is 3.94. The Morgan fingerprint density at radius 1 is 1.16 bits per heavy atom. The topological polar surface area (TPSA) is 69.2 Å². The number of rotatable bonds is 6. The number of hydrazone groups is 1. The lowest BCUT2D eigenvalue weighted by molar-refractivity contribution is -0.121. The minimum atomic E-state index is -0.129. The molecule has 6 heteroatoms. The monoisotopic (exact) mass is 340 g/mol. The van der Waals surface area contributed by atoms with Gasteiger partial charge in [-0.05, 0) is 49.2 Å². The molecule has 0 radical (unpaired) electrons. The van der Waals surface area contributed by atoms with Crippen molar-refractivity contribution in [1.82, 2.24) is 5.43 Å². The van der Waals surface area contributed by atoms with E-state index in [0.29, 0.717) is 24.3 Å². The first-order valence-electron chi connectivity index (χ1n) is 8.02. The van der Waals surface area contributed by atoms with Crippen molar-refractivity contribution < 1.29 is 19.0 Å². The predicted molar refractivity (Wildman–Crippen MR) is 94.2 cm³/mol. The summed E-state index contributed by atoms with van der Waals surface area (Å²) in [6, 6.07) is 13.2. The maximum atomic E-state index is 12.0. The molecule has 0 saturated heterocycles. The van der Waals surface area contributed by atoms with Crippen molar-refractivity contribution in [2.75, 3.05) is 13.9 Å². The van der Waals surface area contributed by atoms with Gasteiger partial charge in [0.1, 0.15) is 5.75 Å². The highest BCUT2D eigenvalue weighted by molar-refractivity contribution is 5.99. The zero-order valence-electron chi connectivity index (χ0n) is 14.2. The van der Waals surface area contributed by atoms with Gasteiger partial charge in [-0.25, -0.2) is 5.43 Å². The van der Waals surface area contributed by atoms with Gasteiger partial charge < -0.3 is 14.2 Å². The molecule has 3 rings (SSSR count). The highest BCUT2D eigenvalue weighted by Gasteiger charge is 2.14. The standard InChI is InChI=1S/C19H20N2O4/c1-13(15-6-9-17-18(11-15)25-12-24-17)20-21-19(22)10-5-14-3-7-16(23-2)8-4-14/h3-4,6-9,11H,5,10,12H2,1-2H3,(H,21,22). The first-order valence-corrected chi connectivity index (χ1v) is 8.02. The zero-order chi connectivity index (χ0) is 17.6. The fourth-order valence-electron chi connectivity index (χ4n) is 2.44. The number of hydrogen-bond acceptors (Lipinski definition) is 5. The molecule has 1 aliphatic heterocycles. The van der Waals surface area contributed by atoms with Gasteiger partial charge in [0.05, 0.1) is 12.8 Å². The Labute approximate surface area is 146 Å². The van der Waals surface area contributed by atoms with Crippen LogP contribution in [0.4, 0.5) is 0 Å². The number of methoxy groups -OCH3 is 1. The summed E-state index contributed by atoms with van der Waals surface area (Å²) in [6.07, 6.45) is 1.01. The molecule has 0 saturated carbocycles. The highest BCUT2D eigenvalue weighted by Crippen LogP contribution is 2.32. The quantitative estimate of drug-likeness (QED) is 0.648. The molecule has 0 fully saturated rings. The van der Waals surface area contributed by atoms with Crippen LogP contribution in [0.2, 0.25) is 0 Å². The number of hydrogen-bond donors (Lipinski definition) is 1. The van der Waals surface area contributed by atoms with Crippen LogP contribution in [-0.4, -0.2) is 25.5 Å². The molecule has 2 aromatic carbocycles. The SMILES string of the molecule is COc1ccc(CCC(=O)NN=C(C)c2ccc3c(c2)OCO3)cc1. The van der Waals surface area contributed by atoms with Gasteiger partial charge in [0.25, 0.3) is 0 Å². The minimum Gasteiger partial charge on any atom is -0.497 e. The molecule has 1 amide bonds. The number of aryl methyl sites for hydroxylation is 1. The minimum absolute atomic E-state index is 0.129. The Hall–Kier alpha value is -3.02. The van der Waals surface area contributed by atoms with Crippen molar-refractivity contribution in [1.29, 1.82) is 0 Å². The van der Waals surface area contributed by atoms with Crippen LogP contribution in [-0.2, 0) is 11.2 Å². The molecule has 1 N–H and O–H groups in total. The molecule has 0 aromatic heterocycles. The third kappa shape index (κ3) is 4.29. The van der Waals surface area contributed by atoms with E-state index in [9.17, 15) is 4.79 Å². The van der Waals surface area contributed by atoms with E-state index < -0.39 is 0 Å². The molecule has 0 bridgehead atoms. The lowest BCUT2D eigenvalue weighted by Crippen LogP contribution is -2.19. The third-order valence-electron chi connectivity index (χ3n) is 3.94. The van der Waals surface area contributed by atoms with E-state index >= 15 is 0 Å². The molecule has 2 aromatic rings. The van der Waals surface area contributed by atoms with Crippen molar-refractivity contribution in [2.24, 2.45) is 5.10 Å². The normalized spacial score (nSPS) is 12.8. The molecule has 0 unspecified atom stereocenters. The Balaban J connectivity index is 1.52. The van der Waals surface area contributed by atoms with Gasteiger partial charge in [-0.1, -0.05) is 12.1 Å². The summed E-state index contributed by atoms with van der Waals surface area (Å²) in [6.45, 7) is 2.07. The van der Waals surface area contributed by atoms with E-state index in [-0.39, 0.29) is 12.7 Å². The van der Waals surface area contributed by atoms with Crippen LogP contribution in [0.1, 0.15) is 24.5 Å². The number of nitrogens with one attached hydrogen (secondary N) is 1. The zero-order valence-corrected chi connectivity index (χ0v) is 14.2. The summed E-state index contributed by atoms with van der Waals surface area (Å²) in [7, 11) is 1.63. The second kappa shape index (κ2) is 7.70. The Kier molecular flexibility index (Phi) is 5.18. The average molecular weight is 340 g/mol. The Bertz CT molecular complexity index is 785. The summed E-state index contributed by atoms with van der Waals surface area (Å²) in [5.41, 5.74) is 5.25. The molecule has 1 heterocycles. The van der Waals surface area contributed by atoms with Crippen LogP contribution in [0.3, 0.4) is 0 Å². The van der Waals surface area contributed by atoms with E-state index in [4.69, 9.17) is 14.2 Å². The van der Waals surface area contributed by atoms with Crippen LogP contribution >= 0.6 is 0 Å². The number of carbonyl (C=O) groups excluding carboxylic acids is 1. The molecule has 0 spiro atoms. The fraction of sp³-hybridized carbons (Fsp3) is 0.263. The van der Waals surface area contributed by atoms with E-state index in [1.165, 1.54) is 0 Å². The molecule has 6 nitrogen and oxygen atoms in total. The summed E-state index contributed by atoms with van der Waals surface area (Å²) < 4.78 is 15.7. The number of fused-ring (bicyclic) bond motifs is 1. The van der Waals surface area contributed by atoms with Gasteiger partial charge in [0, 0.05) is 12.0 Å². The first kappa shape index (κ1) is 16.8. The van der Waals surface area contributed by atoms with Crippen LogP contribution in [0.5, 0.6) is 17.2 Å². The number of amides is 1. The van der Waals surface area contributed by atoms with E-state index in [0.717, 1.165) is 22.6 Å². The Morgan fingerprint density at radius 2 is 1.92 bits per heavy atom. The van der Waals surface area contributed by atoms with Crippen LogP contribution in [0.25, 0.3) is 0 Å². The van der Waals surface area contributed by atoms with Crippen LogP contribution in [0.15, 0.2) is 47.6 Å². The summed E-state index contributed by atoms with van der Waals surface area (Å²) in [4.78, 5) is 12.0. The fourth-order valence-corrected chi connectivity index (χ4v) is 2.44. The molecular weight excluding hydrogens is 320 g/mol. The number of nitrogens with zero attached hydrogens (tertiary/aromatic N) is 1. The predicted octanol–water partition coefficient (Wildman–Crippen LogP) is 2.90. The Morgan fingerprint density at radius 3 is 2.68 bits per heavy atom. The van der Waals surface area contributed by atoms with Gasteiger partial charge in [-0.2, -0.15) is 5.10 Å². The maximum Gasteiger partial charge on any atom is 0.240 e. The second-order valence-corrected chi connectivity index (χ2v) is 5.65. The number of benzene rings is 2. The smallest absolute Gasteiger partial charge is 0.240 e. The molecule has 0 aliphatic carbocycles. The lowest BCUT2D eigenvalue weighted by Gasteiger charge is -2.05. The summed E-state index contributed by atoms with van der Waals surface area (Å²) in [5.74, 6) is 2.09.